The molecule has 0 fully saturated rings. The smallest absolute Gasteiger partial charge is 0.322 e. The molecule has 0 aliphatic carbocycles. The van der Waals surface area contributed by atoms with Crippen molar-refractivity contribution in [1.29, 1.82) is 0 Å². The highest BCUT2D eigenvalue weighted by molar-refractivity contribution is 8.00. The molecule has 4 aromatic rings. The van der Waals surface area contributed by atoms with E-state index in [4.69, 9.17) is 15.3 Å². The zero-order valence-corrected chi connectivity index (χ0v) is 32.9. The monoisotopic (exact) mass is 818 g/mol. The van der Waals surface area contributed by atoms with Gasteiger partial charge in [0.15, 0.2) is 0 Å². The van der Waals surface area contributed by atoms with E-state index in [9.17, 15) is 33.9 Å². The van der Waals surface area contributed by atoms with E-state index in [-0.39, 0.29) is 36.2 Å². The van der Waals surface area contributed by atoms with Gasteiger partial charge in [-0.15, -0.1) is 10.2 Å². The number of nitrogens with zero attached hydrogens (tertiary/aromatic N) is 6. The summed E-state index contributed by atoms with van der Waals surface area (Å²) in [6.07, 6.45) is 5.52. The number of anilines is 1. The lowest BCUT2D eigenvalue weighted by Gasteiger charge is -2.27. The Kier molecular flexibility index (Phi) is 14.7. The fourth-order valence-corrected chi connectivity index (χ4v) is 7.32. The highest BCUT2D eigenvalue weighted by Gasteiger charge is 2.33. The van der Waals surface area contributed by atoms with Gasteiger partial charge in [0.05, 0.1) is 18.7 Å². The van der Waals surface area contributed by atoms with E-state index < -0.39 is 46.5 Å². The molecule has 19 nitrogen and oxygen atoms in total. The number of nitrogens with two attached hydrogens (primary N) is 1. The molecule has 4 amide bonds. The molecule has 3 aromatic heterocycles. The zero-order chi connectivity index (χ0) is 41.8. The summed E-state index contributed by atoms with van der Waals surface area (Å²) in [6, 6.07) is 9.19. The number of aliphatic carboxylic acids is 2. The normalized spacial score (nSPS) is 13.6. The molecule has 1 aliphatic rings. The van der Waals surface area contributed by atoms with Crippen LogP contribution in [-0.2, 0) is 38.8 Å². The number of rotatable bonds is 20. The second kappa shape index (κ2) is 19.8. The highest BCUT2D eigenvalue weighted by Crippen LogP contribution is 2.33. The average molecular weight is 819 g/mol. The van der Waals surface area contributed by atoms with Crippen LogP contribution >= 0.6 is 11.8 Å². The minimum Gasteiger partial charge on any atom is -0.481 e. The van der Waals surface area contributed by atoms with E-state index in [1.165, 1.54) is 11.6 Å². The molecular weight excluding hydrogens is 773 g/mol. The molecule has 58 heavy (non-hydrogen) atoms. The predicted molar refractivity (Wildman–Crippen MR) is 212 cm³/mol. The van der Waals surface area contributed by atoms with Gasteiger partial charge in [-0.2, -0.15) is 16.9 Å². The maximum atomic E-state index is 13.5. The van der Waals surface area contributed by atoms with Crippen molar-refractivity contribution in [1.82, 2.24) is 40.5 Å². The van der Waals surface area contributed by atoms with Gasteiger partial charge >= 0.3 is 18.0 Å². The van der Waals surface area contributed by atoms with Gasteiger partial charge < -0.3 is 41.2 Å². The van der Waals surface area contributed by atoms with Gasteiger partial charge in [-0.3, -0.25) is 29.0 Å². The molecule has 4 heterocycles. The summed E-state index contributed by atoms with van der Waals surface area (Å²) >= 11 is 0.983. The fourth-order valence-electron chi connectivity index (χ4n) is 6.14. The molecule has 7 N–H and O–H groups in total. The largest absolute Gasteiger partial charge is 0.481 e. The highest BCUT2D eigenvalue weighted by atomic mass is 32.2. The van der Waals surface area contributed by atoms with Crippen molar-refractivity contribution in [2.45, 2.75) is 82.8 Å². The Hall–Kier alpha value is -6.15. The van der Waals surface area contributed by atoms with Crippen molar-refractivity contribution in [3.05, 3.63) is 76.2 Å². The number of carbonyl (C=O) groups excluding carboxylic acids is 3. The van der Waals surface area contributed by atoms with Crippen LogP contribution in [0.15, 0.2) is 58.0 Å². The molecule has 308 valence electrons. The number of nitrogens with one attached hydrogen (secondary N) is 3. The second-order valence-electron chi connectivity index (χ2n) is 14.1. The van der Waals surface area contributed by atoms with Gasteiger partial charge in [-0.25, -0.2) is 9.48 Å². The number of carboxylic acids is 2. The molecule has 0 bridgehead atoms. The Morgan fingerprint density at radius 1 is 0.966 bits per heavy atom. The van der Waals surface area contributed by atoms with E-state index in [0.717, 1.165) is 35.7 Å². The van der Waals surface area contributed by atoms with Crippen LogP contribution in [0.5, 0.6) is 0 Å². The summed E-state index contributed by atoms with van der Waals surface area (Å²) in [5, 5.41) is 39.0. The van der Waals surface area contributed by atoms with E-state index in [1.807, 2.05) is 6.07 Å². The van der Waals surface area contributed by atoms with E-state index in [0.29, 0.717) is 61.9 Å². The van der Waals surface area contributed by atoms with Gasteiger partial charge in [0.2, 0.25) is 17.7 Å². The summed E-state index contributed by atoms with van der Waals surface area (Å²) in [7, 11) is 0. The Morgan fingerprint density at radius 3 is 2.40 bits per heavy atom. The number of carbonyl (C=O) groups is 5. The first-order chi connectivity index (χ1) is 27.7. The number of thioether (sulfide) groups is 1. The SMILES string of the molecule is Cc1nnc(-c2cc(-c3ccc(NC(=O)N4Cc5ccncc5C4)cc3)nn(CCCCCCNC(=O)CNC(=O)CC(C)(CC(=O)O)SC[C@H](N)C(=O)O)c2=O)o1. The second-order valence-corrected chi connectivity index (χ2v) is 15.7. The topological polar surface area (TPSA) is 278 Å². The number of hydrogen-bond acceptors (Lipinski definition) is 13. The van der Waals surface area contributed by atoms with Crippen molar-refractivity contribution >= 4 is 47.2 Å². The first-order valence-corrected chi connectivity index (χ1v) is 19.6. The van der Waals surface area contributed by atoms with Crippen LogP contribution in [0.3, 0.4) is 0 Å². The number of carboxylic acid groups (broad SMARTS) is 2. The summed E-state index contributed by atoms with van der Waals surface area (Å²) < 4.78 is 5.83. The first-order valence-electron chi connectivity index (χ1n) is 18.6. The number of amides is 4. The number of urea groups is 1. The van der Waals surface area contributed by atoms with Crippen LogP contribution in [0.4, 0.5) is 10.5 Å². The van der Waals surface area contributed by atoms with Crippen LogP contribution in [0, 0.1) is 6.92 Å². The van der Waals surface area contributed by atoms with Crippen LogP contribution in [-0.4, -0.2) is 99.5 Å². The van der Waals surface area contributed by atoms with Crippen LogP contribution < -0.4 is 27.2 Å². The van der Waals surface area contributed by atoms with E-state index in [1.54, 1.807) is 54.5 Å². The first kappa shape index (κ1) is 43.0. The van der Waals surface area contributed by atoms with Crippen molar-refractivity contribution in [3.63, 3.8) is 0 Å². The molecule has 0 saturated heterocycles. The predicted octanol–water partition coefficient (Wildman–Crippen LogP) is 2.77. The maximum Gasteiger partial charge on any atom is 0.322 e. The summed E-state index contributed by atoms with van der Waals surface area (Å²) in [4.78, 5) is 79.6. The fraction of sp³-hybridized carbons (Fsp3) is 0.421. The molecule has 1 aromatic carbocycles. The number of hydrogen-bond donors (Lipinski definition) is 6. The molecule has 1 unspecified atom stereocenters. The summed E-state index contributed by atoms with van der Waals surface area (Å²) in [5.74, 6) is -3.06. The standard InChI is InChI=1S/C38H46N10O9S/c1-23-44-45-34(57-23)28-15-30(24-7-9-27(10-8-24)43-37(56)47-20-25-11-13-40-18-26(25)21-47)46-48(35(28)53)14-6-4-3-5-12-41-32(50)19-42-31(49)16-38(2,17-33(51)52)58-22-29(39)36(54)55/h7-11,13,15,18,29H,3-6,12,14,16-17,19-22,39H2,1-2H3,(H,41,50)(H,42,49)(H,43,56)(H,51,52)(H,54,55)/t29-,38?/m0/s1. The maximum absolute atomic E-state index is 13.5. The molecule has 20 heteroatoms. The molecule has 0 radical (unpaired) electrons. The number of pyridine rings is 1. The summed E-state index contributed by atoms with van der Waals surface area (Å²) in [6.45, 7) is 4.48. The molecule has 0 saturated carbocycles. The lowest BCUT2D eigenvalue weighted by atomic mass is 10.0. The van der Waals surface area contributed by atoms with Crippen molar-refractivity contribution in [2.75, 3.05) is 24.2 Å². The average Bonchev–Trinajstić information content (AvgIpc) is 3.83. The summed E-state index contributed by atoms with van der Waals surface area (Å²) in [5.41, 5.74) is 9.22. The van der Waals surface area contributed by atoms with Crippen LogP contribution in [0.25, 0.3) is 22.7 Å². The molecule has 1 aliphatic heterocycles. The van der Waals surface area contributed by atoms with Gasteiger partial charge in [0.1, 0.15) is 11.6 Å². The molecule has 5 rings (SSSR count). The number of fused-ring (bicyclic) bond motifs is 1. The lowest BCUT2D eigenvalue weighted by molar-refractivity contribution is -0.138. The van der Waals surface area contributed by atoms with Crippen molar-refractivity contribution in [3.8, 4) is 22.7 Å². The van der Waals surface area contributed by atoms with Crippen molar-refractivity contribution < 1.29 is 38.6 Å². The van der Waals surface area contributed by atoms with E-state index in [2.05, 4.69) is 36.2 Å². The van der Waals surface area contributed by atoms with E-state index >= 15 is 0 Å². The molecule has 2 atom stereocenters. The third kappa shape index (κ3) is 12.2. The lowest BCUT2D eigenvalue weighted by Crippen LogP contribution is -2.41. The third-order valence-corrected chi connectivity index (χ3v) is 10.7. The Bertz CT molecular complexity index is 2150. The minimum absolute atomic E-state index is 0.0752. The quantitative estimate of drug-likeness (QED) is 0.0700. The van der Waals surface area contributed by atoms with Crippen LogP contribution in [0.1, 0.15) is 62.5 Å². The van der Waals surface area contributed by atoms with Crippen LogP contribution in [0.2, 0.25) is 0 Å². The zero-order valence-electron chi connectivity index (χ0n) is 32.1. The van der Waals surface area contributed by atoms with Gasteiger partial charge in [0.25, 0.3) is 11.4 Å². The number of aryl methyl sites for hydroxylation is 2. The Labute approximate surface area is 337 Å². The number of aromatic nitrogens is 5. The number of unbranched alkanes of at least 4 members (excludes halogenated alkanes) is 3. The molecular formula is C38H46N10O9S. The third-order valence-electron chi connectivity index (χ3n) is 9.23. The minimum atomic E-state index is -1.23. The number of benzene rings is 1. The van der Waals surface area contributed by atoms with Crippen molar-refractivity contribution in [2.24, 2.45) is 5.73 Å². The Balaban J connectivity index is 1.09. The van der Waals surface area contributed by atoms with Gasteiger partial charge in [-0.05, 0) is 55.2 Å². The van der Waals surface area contributed by atoms with Gasteiger partial charge in [-0.1, -0.05) is 25.0 Å². The van der Waals surface area contributed by atoms with Gasteiger partial charge in [0, 0.05) is 73.7 Å². The molecule has 0 spiro atoms. The Morgan fingerprint density at radius 2 is 1.71 bits per heavy atom.